The Hall–Kier alpha value is -0.350. The fourth-order valence-electron chi connectivity index (χ4n) is 0.961. The van der Waals surface area contributed by atoms with Gasteiger partial charge in [-0.1, -0.05) is 0 Å². The molecule has 0 aliphatic carbocycles. The van der Waals surface area contributed by atoms with Crippen LogP contribution in [0.15, 0.2) is 10.7 Å². The van der Waals surface area contributed by atoms with Crippen LogP contribution in [0.25, 0.3) is 0 Å². The lowest BCUT2D eigenvalue weighted by molar-refractivity contribution is 0.680. The molecule has 0 bridgehead atoms. The molecule has 0 saturated heterocycles. The average Bonchev–Trinajstić information content (AvgIpc) is 2.29. The number of aromatic nitrogens is 2. The van der Waals surface area contributed by atoms with Crippen molar-refractivity contribution >= 4 is 15.9 Å². The Balaban J connectivity index is 2.67. The van der Waals surface area contributed by atoms with Crippen molar-refractivity contribution in [2.75, 3.05) is 13.6 Å². The molecular formula is C7H12BrN3. The molecule has 3 nitrogen and oxygen atoms in total. The maximum absolute atomic E-state index is 4.11. The highest BCUT2D eigenvalue weighted by molar-refractivity contribution is 9.10. The molecule has 0 amide bonds. The number of likely N-dealkylation sites (N-methyl/N-ethyl adjacent to an activating group) is 1. The van der Waals surface area contributed by atoms with Gasteiger partial charge in [0, 0.05) is 20.0 Å². The van der Waals surface area contributed by atoms with E-state index in [1.807, 2.05) is 25.0 Å². The molecule has 0 aliphatic heterocycles. The van der Waals surface area contributed by atoms with Gasteiger partial charge in [0.1, 0.15) is 0 Å². The molecule has 0 radical (unpaired) electrons. The van der Waals surface area contributed by atoms with Crippen molar-refractivity contribution in [3.63, 3.8) is 0 Å². The Morgan fingerprint density at radius 1 is 1.73 bits per heavy atom. The van der Waals surface area contributed by atoms with Gasteiger partial charge >= 0.3 is 0 Å². The summed E-state index contributed by atoms with van der Waals surface area (Å²) in [7, 11) is 3.90. The third-order valence-electron chi connectivity index (χ3n) is 1.62. The van der Waals surface area contributed by atoms with Crippen LogP contribution in [0.3, 0.4) is 0 Å². The molecule has 11 heavy (non-hydrogen) atoms. The van der Waals surface area contributed by atoms with E-state index in [0.717, 1.165) is 17.4 Å². The van der Waals surface area contributed by atoms with Crippen LogP contribution < -0.4 is 5.32 Å². The molecule has 0 atom stereocenters. The zero-order valence-electron chi connectivity index (χ0n) is 6.76. The molecule has 62 valence electrons. The summed E-state index contributed by atoms with van der Waals surface area (Å²) < 4.78 is 2.98. The second-order valence-electron chi connectivity index (χ2n) is 2.42. The maximum Gasteiger partial charge on any atom is 0.0635 e. The first kappa shape index (κ1) is 8.74. The lowest BCUT2D eigenvalue weighted by Crippen LogP contribution is -2.12. The molecule has 1 heterocycles. The maximum atomic E-state index is 4.11. The van der Waals surface area contributed by atoms with Gasteiger partial charge in [0.15, 0.2) is 0 Å². The SMILES string of the molecule is CNCCc1c(Br)cnn1C. The second-order valence-corrected chi connectivity index (χ2v) is 3.27. The number of nitrogens with zero attached hydrogens (tertiary/aromatic N) is 2. The van der Waals surface area contributed by atoms with Crippen molar-refractivity contribution in [1.82, 2.24) is 15.1 Å². The molecule has 0 aliphatic rings. The predicted molar refractivity (Wildman–Crippen MR) is 48.5 cm³/mol. The van der Waals surface area contributed by atoms with E-state index < -0.39 is 0 Å². The fraction of sp³-hybridized carbons (Fsp3) is 0.571. The summed E-state index contributed by atoms with van der Waals surface area (Å²) in [6, 6.07) is 0. The van der Waals surface area contributed by atoms with E-state index in [4.69, 9.17) is 0 Å². The first-order valence-electron chi connectivity index (χ1n) is 3.56. The minimum Gasteiger partial charge on any atom is -0.319 e. The van der Waals surface area contributed by atoms with E-state index in [0.29, 0.717) is 0 Å². The first-order valence-corrected chi connectivity index (χ1v) is 4.36. The van der Waals surface area contributed by atoms with Crippen LogP contribution in [0.1, 0.15) is 5.69 Å². The summed E-state index contributed by atoms with van der Waals surface area (Å²) >= 11 is 3.44. The fourth-order valence-corrected chi connectivity index (χ4v) is 1.51. The Kier molecular flexibility index (Phi) is 3.08. The van der Waals surface area contributed by atoms with Crippen LogP contribution in [-0.4, -0.2) is 23.4 Å². The molecule has 0 aromatic carbocycles. The van der Waals surface area contributed by atoms with Crippen molar-refractivity contribution in [2.24, 2.45) is 7.05 Å². The number of nitrogens with one attached hydrogen (secondary N) is 1. The van der Waals surface area contributed by atoms with E-state index >= 15 is 0 Å². The van der Waals surface area contributed by atoms with Gasteiger partial charge in [0.25, 0.3) is 0 Å². The van der Waals surface area contributed by atoms with Gasteiger partial charge in [0.05, 0.1) is 16.4 Å². The Labute approximate surface area is 74.9 Å². The van der Waals surface area contributed by atoms with Crippen molar-refractivity contribution in [3.8, 4) is 0 Å². The van der Waals surface area contributed by atoms with E-state index in [2.05, 4.69) is 26.3 Å². The largest absolute Gasteiger partial charge is 0.319 e. The van der Waals surface area contributed by atoms with E-state index in [-0.39, 0.29) is 0 Å². The molecule has 1 aromatic heterocycles. The number of hydrogen-bond acceptors (Lipinski definition) is 2. The van der Waals surface area contributed by atoms with Gasteiger partial charge in [-0.25, -0.2) is 0 Å². The van der Waals surface area contributed by atoms with Gasteiger partial charge in [-0.05, 0) is 23.0 Å². The molecule has 1 rings (SSSR count). The zero-order valence-corrected chi connectivity index (χ0v) is 8.35. The average molecular weight is 218 g/mol. The number of halogens is 1. The highest BCUT2D eigenvalue weighted by Gasteiger charge is 2.03. The molecule has 0 spiro atoms. The molecule has 1 aromatic rings. The Bertz CT molecular complexity index is 212. The Morgan fingerprint density at radius 3 is 2.91 bits per heavy atom. The molecule has 0 fully saturated rings. The minimum absolute atomic E-state index is 0.984. The van der Waals surface area contributed by atoms with Gasteiger partial charge in [0.2, 0.25) is 0 Å². The normalized spacial score (nSPS) is 10.5. The lowest BCUT2D eigenvalue weighted by atomic mass is 10.3. The summed E-state index contributed by atoms with van der Waals surface area (Å²) in [6.45, 7) is 0.984. The predicted octanol–water partition coefficient (Wildman–Crippen LogP) is 0.944. The van der Waals surface area contributed by atoms with Gasteiger partial charge in [-0.3, -0.25) is 4.68 Å². The molecule has 1 N–H and O–H groups in total. The van der Waals surface area contributed by atoms with Crippen LogP contribution in [0, 0.1) is 0 Å². The van der Waals surface area contributed by atoms with Gasteiger partial charge < -0.3 is 5.32 Å². The number of hydrogen-bond donors (Lipinski definition) is 1. The quantitative estimate of drug-likeness (QED) is 0.818. The standard InChI is InChI=1S/C7H12BrN3/c1-9-4-3-7-6(8)5-10-11(7)2/h5,9H,3-4H2,1-2H3. The summed E-state index contributed by atoms with van der Waals surface area (Å²) in [4.78, 5) is 0. The highest BCUT2D eigenvalue weighted by Crippen LogP contribution is 2.14. The molecule has 0 unspecified atom stereocenters. The van der Waals surface area contributed by atoms with Crippen LogP contribution in [0.4, 0.5) is 0 Å². The molecule has 4 heteroatoms. The van der Waals surface area contributed by atoms with Crippen molar-refractivity contribution in [1.29, 1.82) is 0 Å². The second kappa shape index (κ2) is 3.88. The topological polar surface area (TPSA) is 29.9 Å². The third kappa shape index (κ3) is 2.04. The van der Waals surface area contributed by atoms with Crippen molar-refractivity contribution < 1.29 is 0 Å². The van der Waals surface area contributed by atoms with Crippen molar-refractivity contribution in [3.05, 3.63) is 16.4 Å². The number of aryl methyl sites for hydroxylation is 1. The summed E-state index contributed by atoms with van der Waals surface area (Å²) in [5.41, 5.74) is 1.24. The summed E-state index contributed by atoms with van der Waals surface area (Å²) in [6.07, 6.45) is 2.83. The van der Waals surface area contributed by atoms with Crippen molar-refractivity contribution in [2.45, 2.75) is 6.42 Å². The van der Waals surface area contributed by atoms with Crippen LogP contribution in [0.2, 0.25) is 0 Å². The monoisotopic (exact) mass is 217 g/mol. The van der Waals surface area contributed by atoms with Crippen LogP contribution in [0.5, 0.6) is 0 Å². The zero-order chi connectivity index (χ0) is 8.27. The summed E-state index contributed by atoms with van der Waals surface area (Å²) in [5.74, 6) is 0. The first-order chi connectivity index (χ1) is 5.25. The minimum atomic E-state index is 0.984. The number of rotatable bonds is 3. The highest BCUT2D eigenvalue weighted by atomic mass is 79.9. The van der Waals surface area contributed by atoms with Gasteiger partial charge in [-0.2, -0.15) is 5.10 Å². The molecular weight excluding hydrogens is 206 g/mol. The smallest absolute Gasteiger partial charge is 0.0635 e. The van der Waals surface area contributed by atoms with E-state index in [1.165, 1.54) is 5.69 Å². The molecule has 0 saturated carbocycles. The van der Waals surface area contributed by atoms with E-state index in [1.54, 1.807) is 0 Å². The van der Waals surface area contributed by atoms with Crippen LogP contribution in [-0.2, 0) is 13.5 Å². The lowest BCUT2D eigenvalue weighted by Gasteiger charge is -2.01. The van der Waals surface area contributed by atoms with E-state index in [9.17, 15) is 0 Å². The van der Waals surface area contributed by atoms with Crippen LogP contribution >= 0.6 is 15.9 Å². The summed E-state index contributed by atoms with van der Waals surface area (Å²) in [5, 5.41) is 7.21. The Morgan fingerprint density at radius 2 is 2.45 bits per heavy atom. The third-order valence-corrected chi connectivity index (χ3v) is 2.28. The van der Waals surface area contributed by atoms with Gasteiger partial charge in [-0.15, -0.1) is 0 Å².